The number of carbonyl (C=O) groups is 2. The number of nitrogens with zero attached hydrogens (tertiary/aromatic N) is 3. The number of anilines is 1. The summed E-state index contributed by atoms with van der Waals surface area (Å²) < 4.78 is 52.1. The first-order chi connectivity index (χ1) is 14.6. The average molecular weight is 455 g/mol. The second-order valence-corrected chi connectivity index (χ2v) is 6.62. The first-order valence-corrected chi connectivity index (χ1v) is 8.91. The van der Waals surface area contributed by atoms with Gasteiger partial charge in [-0.05, 0) is 36.4 Å². The Morgan fingerprint density at radius 1 is 1.16 bits per heavy atom. The summed E-state index contributed by atoms with van der Waals surface area (Å²) in [7, 11) is 2.53. The molecular formula is C19H14ClF3N4O4. The minimum Gasteiger partial charge on any atom is -0.465 e. The number of esters is 1. The van der Waals surface area contributed by atoms with Crippen molar-refractivity contribution in [2.75, 3.05) is 12.4 Å². The quantitative estimate of drug-likeness (QED) is 0.581. The van der Waals surface area contributed by atoms with E-state index in [9.17, 15) is 22.8 Å². The largest absolute Gasteiger partial charge is 0.465 e. The number of ether oxygens (including phenoxy) is 2. The number of alkyl halides is 3. The molecule has 3 rings (SSSR count). The molecule has 31 heavy (non-hydrogen) atoms. The SMILES string of the molecule is COC(=O)c1cc(-c2cn(C)nn2)c(C(F)(F)F)cc1NC(=O)Oc1ccc(Cl)cc1. The lowest BCUT2D eigenvalue weighted by Crippen LogP contribution is -2.20. The molecule has 12 heteroatoms. The van der Waals surface area contributed by atoms with Gasteiger partial charge in [0.05, 0.1) is 30.1 Å². The smallest absolute Gasteiger partial charge is 0.417 e. The van der Waals surface area contributed by atoms with Crippen LogP contribution < -0.4 is 10.1 Å². The molecular weight excluding hydrogens is 441 g/mol. The Morgan fingerprint density at radius 2 is 1.84 bits per heavy atom. The van der Waals surface area contributed by atoms with E-state index in [0.717, 1.165) is 13.2 Å². The molecule has 0 saturated carbocycles. The number of amides is 1. The fraction of sp³-hybridized carbons (Fsp3) is 0.158. The summed E-state index contributed by atoms with van der Waals surface area (Å²) in [6.45, 7) is 0. The van der Waals surface area contributed by atoms with Crippen LogP contribution in [0.4, 0.5) is 23.7 Å². The van der Waals surface area contributed by atoms with Crippen molar-refractivity contribution in [1.82, 2.24) is 15.0 Å². The molecule has 8 nitrogen and oxygen atoms in total. The van der Waals surface area contributed by atoms with Gasteiger partial charge in [0.1, 0.15) is 11.4 Å². The van der Waals surface area contributed by atoms with Gasteiger partial charge in [-0.25, -0.2) is 9.59 Å². The van der Waals surface area contributed by atoms with Crippen molar-refractivity contribution in [2.45, 2.75) is 6.18 Å². The third kappa shape index (κ3) is 5.12. The van der Waals surface area contributed by atoms with Crippen LogP contribution >= 0.6 is 11.6 Å². The summed E-state index contributed by atoms with van der Waals surface area (Å²) in [5, 5.41) is 9.84. The van der Waals surface area contributed by atoms with Crippen LogP contribution in [-0.4, -0.2) is 34.2 Å². The zero-order valence-corrected chi connectivity index (χ0v) is 16.8. The molecule has 0 aliphatic heterocycles. The zero-order valence-electron chi connectivity index (χ0n) is 16.0. The molecule has 0 unspecified atom stereocenters. The van der Waals surface area contributed by atoms with E-state index in [0.29, 0.717) is 11.1 Å². The fourth-order valence-corrected chi connectivity index (χ4v) is 2.77. The number of nitrogens with one attached hydrogen (secondary N) is 1. The van der Waals surface area contributed by atoms with Gasteiger partial charge in [-0.3, -0.25) is 10.00 Å². The Hall–Kier alpha value is -3.60. The number of halogens is 4. The molecule has 3 aromatic rings. The van der Waals surface area contributed by atoms with E-state index in [4.69, 9.17) is 16.3 Å². The van der Waals surface area contributed by atoms with Crippen LogP contribution in [0, 0.1) is 0 Å². The molecule has 1 amide bonds. The van der Waals surface area contributed by atoms with E-state index in [-0.39, 0.29) is 17.0 Å². The Morgan fingerprint density at radius 3 is 2.39 bits per heavy atom. The summed E-state index contributed by atoms with van der Waals surface area (Å²) in [6, 6.07) is 7.24. The minimum absolute atomic E-state index is 0.0914. The lowest BCUT2D eigenvalue weighted by atomic mass is 9.99. The molecule has 0 atom stereocenters. The summed E-state index contributed by atoms with van der Waals surface area (Å²) in [5.41, 5.74) is -2.44. The number of aryl methyl sites for hydroxylation is 1. The van der Waals surface area contributed by atoms with E-state index in [1.807, 2.05) is 0 Å². The van der Waals surface area contributed by atoms with E-state index < -0.39 is 35.1 Å². The van der Waals surface area contributed by atoms with Crippen molar-refractivity contribution in [3.8, 4) is 17.0 Å². The number of hydrogen-bond acceptors (Lipinski definition) is 6. The van der Waals surface area contributed by atoms with Crippen molar-refractivity contribution in [2.24, 2.45) is 7.05 Å². The number of aromatic nitrogens is 3. The molecule has 2 aromatic carbocycles. The van der Waals surface area contributed by atoms with Gasteiger partial charge < -0.3 is 9.47 Å². The maximum Gasteiger partial charge on any atom is 0.417 e. The highest BCUT2D eigenvalue weighted by Gasteiger charge is 2.36. The van der Waals surface area contributed by atoms with Crippen LogP contribution in [-0.2, 0) is 18.0 Å². The van der Waals surface area contributed by atoms with Crippen LogP contribution in [0.25, 0.3) is 11.3 Å². The molecule has 0 aliphatic carbocycles. The fourth-order valence-electron chi connectivity index (χ4n) is 2.64. The van der Waals surface area contributed by atoms with Gasteiger partial charge in [-0.2, -0.15) is 13.2 Å². The Labute approximate surface area is 178 Å². The maximum atomic E-state index is 13.7. The molecule has 0 spiro atoms. The van der Waals surface area contributed by atoms with Gasteiger partial charge >= 0.3 is 18.2 Å². The summed E-state index contributed by atoms with van der Waals surface area (Å²) in [5.74, 6) is -0.880. The number of methoxy groups -OCH3 is 1. The summed E-state index contributed by atoms with van der Waals surface area (Å²) in [6.07, 6.45) is -4.68. The monoisotopic (exact) mass is 454 g/mol. The molecule has 0 radical (unpaired) electrons. The standard InChI is InChI=1S/C19H14ClF3N4O4/c1-27-9-16(25-26-27)12-7-13(17(28)30-2)15(8-14(12)19(21,22)23)24-18(29)31-11-5-3-10(20)4-6-11/h3-9H,1-2H3,(H,24,29). The van der Waals surface area contributed by atoms with Crippen molar-refractivity contribution < 1.29 is 32.2 Å². The highest BCUT2D eigenvalue weighted by atomic mass is 35.5. The predicted octanol–water partition coefficient (Wildman–Crippen LogP) is 4.55. The number of benzene rings is 2. The number of rotatable bonds is 4. The first kappa shape index (κ1) is 22.1. The molecule has 162 valence electrons. The van der Waals surface area contributed by atoms with Gasteiger partial charge in [0.25, 0.3) is 0 Å². The molecule has 0 fully saturated rings. The van der Waals surface area contributed by atoms with Crippen LogP contribution in [0.2, 0.25) is 5.02 Å². The highest BCUT2D eigenvalue weighted by molar-refractivity contribution is 6.30. The van der Waals surface area contributed by atoms with Crippen molar-refractivity contribution in [1.29, 1.82) is 0 Å². The molecule has 0 saturated heterocycles. The predicted molar refractivity (Wildman–Crippen MR) is 104 cm³/mol. The van der Waals surface area contributed by atoms with Crippen LogP contribution in [0.5, 0.6) is 5.75 Å². The molecule has 1 N–H and O–H groups in total. The maximum absolute atomic E-state index is 13.7. The van der Waals surface area contributed by atoms with E-state index in [1.54, 1.807) is 0 Å². The Balaban J connectivity index is 2.04. The van der Waals surface area contributed by atoms with Gasteiger partial charge in [0.2, 0.25) is 0 Å². The average Bonchev–Trinajstić information content (AvgIpc) is 3.14. The second kappa shape index (κ2) is 8.64. The molecule has 1 heterocycles. The lowest BCUT2D eigenvalue weighted by Gasteiger charge is -2.17. The topological polar surface area (TPSA) is 95.3 Å². The van der Waals surface area contributed by atoms with Gasteiger partial charge in [-0.1, -0.05) is 16.8 Å². The molecule has 1 aromatic heterocycles. The van der Waals surface area contributed by atoms with Gasteiger partial charge in [0, 0.05) is 17.6 Å². The molecule has 0 bridgehead atoms. The normalized spacial score (nSPS) is 11.2. The Kier molecular flexibility index (Phi) is 6.16. The summed E-state index contributed by atoms with van der Waals surface area (Å²) in [4.78, 5) is 24.4. The number of carbonyl (C=O) groups excluding carboxylic acids is 2. The molecule has 0 aliphatic rings. The third-order valence-corrected chi connectivity index (χ3v) is 4.26. The van der Waals surface area contributed by atoms with Crippen molar-refractivity contribution in [3.05, 3.63) is 58.7 Å². The van der Waals surface area contributed by atoms with Crippen molar-refractivity contribution >= 4 is 29.4 Å². The summed E-state index contributed by atoms with van der Waals surface area (Å²) >= 11 is 5.75. The minimum atomic E-state index is -4.82. The van der Waals surface area contributed by atoms with E-state index >= 15 is 0 Å². The van der Waals surface area contributed by atoms with E-state index in [1.165, 1.54) is 42.2 Å². The Bertz CT molecular complexity index is 1130. The second-order valence-electron chi connectivity index (χ2n) is 6.18. The van der Waals surface area contributed by atoms with Crippen LogP contribution in [0.1, 0.15) is 15.9 Å². The lowest BCUT2D eigenvalue weighted by molar-refractivity contribution is -0.137. The third-order valence-electron chi connectivity index (χ3n) is 4.01. The van der Waals surface area contributed by atoms with Gasteiger partial charge in [-0.15, -0.1) is 5.10 Å². The van der Waals surface area contributed by atoms with Crippen molar-refractivity contribution in [3.63, 3.8) is 0 Å². The first-order valence-electron chi connectivity index (χ1n) is 8.53. The number of hydrogen-bond donors (Lipinski definition) is 1. The van der Waals surface area contributed by atoms with E-state index in [2.05, 4.69) is 20.4 Å². The van der Waals surface area contributed by atoms with Crippen LogP contribution in [0.3, 0.4) is 0 Å². The highest BCUT2D eigenvalue weighted by Crippen LogP contribution is 2.39. The van der Waals surface area contributed by atoms with Gasteiger partial charge in [0.15, 0.2) is 0 Å². The zero-order chi connectivity index (χ0) is 22.8. The van der Waals surface area contributed by atoms with Crippen LogP contribution in [0.15, 0.2) is 42.6 Å².